The summed E-state index contributed by atoms with van der Waals surface area (Å²) in [7, 11) is -4.09. The molecule has 3 aromatic rings. The molecule has 3 aromatic carbocycles. The van der Waals surface area contributed by atoms with Gasteiger partial charge in [-0.2, -0.15) is 5.10 Å². The van der Waals surface area contributed by atoms with Crippen molar-refractivity contribution in [2.75, 3.05) is 16.2 Å². The second-order valence-electron chi connectivity index (χ2n) is 8.20. The SMILES string of the molecule is CC(=O)Nc1cccc(/C(C)=N\NC(=O)CN(c2cccc(Cl)c2C)S(=O)(=O)c2ccc(C)cc2)c1. The predicted octanol–water partition coefficient (Wildman–Crippen LogP) is 4.65. The number of nitrogens with zero attached hydrogens (tertiary/aromatic N) is 2. The van der Waals surface area contributed by atoms with Gasteiger partial charge in [0, 0.05) is 17.6 Å². The van der Waals surface area contributed by atoms with Gasteiger partial charge >= 0.3 is 0 Å². The molecule has 2 N–H and O–H groups in total. The average molecular weight is 527 g/mol. The largest absolute Gasteiger partial charge is 0.326 e. The molecular weight excluding hydrogens is 500 g/mol. The maximum Gasteiger partial charge on any atom is 0.264 e. The van der Waals surface area contributed by atoms with Gasteiger partial charge in [-0.3, -0.25) is 13.9 Å². The van der Waals surface area contributed by atoms with Crippen molar-refractivity contribution in [2.24, 2.45) is 5.10 Å². The Bertz CT molecular complexity index is 1420. The van der Waals surface area contributed by atoms with Crippen LogP contribution in [0.5, 0.6) is 0 Å². The number of hydrazone groups is 1. The molecule has 0 fully saturated rings. The molecule has 0 spiro atoms. The molecule has 188 valence electrons. The van der Waals surface area contributed by atoms with Gasteiger partial charge in [-0.25, -0.2) is 13.8 Å². The number of carbonyl (C=O) groups is 2. The van der Waals surface area contributed by atoms with E-state index in [0.717, 1.165) is 9.87 Å². The van der Waals surface area contributed by atoms with E-state index in [0.29, 0.717) is 33.2 Å². The summed E-state index contributed by atoms with van der Waals surface area (Å²) in [4.78, 5) is 24.3. The molecule has 0 heterocycles. The highest BCUT2D eigenvalue weighted by atomic mass is 35.5. The second kappa shape index (κ2) is 11.4. The van der Waals surface area contributed by atoms with Gasteiger partial charge < -0.3 is 5.32 Å². The van der Waals surface area contributed by atoms with Gasteiger partial charge in [0.15, 0.2) is 0 Å². The predicted molar refractivity (Wildman–Crippen MR) is 143 cm³/mol. The first-order chi connectivity index (χ1) is 17.0. The second-order valence-corrected chi connectivity index (χ2v) is 10.5. The van der Waals surface area contributed by atoms with Crippen molar-refractivity contribution in [1.29, 1.82) is 0 Å². The van der Waals surface area contributed by atoms with E-state index < -0.39 is 22.5 Å². The standard InChI is InChI=1S/C26H27ClN4O4S/c1-17-11-13-23(14-12-17)36(34,35)31(25-10-6-9-24(27)18(25)2)16-26(33)30-29-19(3)21-7-5-8-22(15-21)28-20(4)32/h5-15H,16H2,1-4H3,(H,28,32)(H,30,33)/b29-19-. The highest BCUT2D eigenvalue weighted by molar-refractivity contribution is 7.92. The van der Waals surface area contributed by atoms with Gasteiger partial charge in [0.05, 0.1) is 16.3 Å². The molecule has 0 aromatic heterocycles. The Morgan fingerprint density at radius 2 is 1.64 bits per heavy atom. The molecule has 8 nitrogen and oxygen atoms in total. The van der Waals surface area contributed by atoms with Crippen LogP contribution in [0.3, 0.4) is 0 Å². The van der Waals surface area contributed by atoms with Crippen LogP contribution in [0.15, 0.2) is 76.7 Å². The van der Waals surface area contributed by atoms with Gasteiger partial charge in [-0.1, -0.05) is 47.5 Å². The lowest BCUT2D eigenvalue weighted by atomic mass is 10.1. The molecule has 36 heavy (non-hydrogen) atoms. The minimum atomic E-state index is -4.09. The van der Waals surface area contributed by atoms with Crippen LogP contribution >= 0.6 is 11.6 Å². The van der Waals surface area contributed by atoms with E-state index in [1.165, 1.54) is 19.1 Å². The van der Waals surface area contributed by atoms with Crippen molar-refractivity contribution in [1.82, 2.24) is 5.43 Å². The van der Waals surface area contributed by atoms with Crippen LogP contribution in [-0.4, -0.2) is 32.5 Å². The molecule has 0 atom stereocenters. The molecule has 0 unspecified atom stereocenters. The van der Waals surface area contributed by atoms with Crippen LogP contribution in [0.4, 0.5) is 11.4 Å². The third-order valence-corrected chi connectivity index (χ3v) is 7.54. The first-order valence-corrected chi connectivity index (χ1v) is 12.9. The van der Waals surface area contributed by atoms with Crippen LogP contribution in [-0.2, 0) is 19.6 Å². The Morgan fingerprint density at radius 3 is 2.31 bits per heavy atom. The zero-order valence-corrected chi connectivity index (χ0v) is 21.9. The molecule has 0 saturated carbocycles. The summed E-state index contributed by atoms with van der Waals surface area (Å²) >= 11 is 6.26. The van der Waals surface area contributed by atoms with Gasteiger partial charge in [-0.05, 0) is 68.3 Å². The van der Waals surface area contributed by atoms with E-state index >= 15 is 0 Å². The number of hydrogen-bond donors (Lipinski definition) is 2. The number of hydrogen-bond acceptors (Lipinski definition) is 5. The van der Waals surface area contributed by atoms with Crippen LogP contribution in [0.2, 0.25) is 5.02 Å². The minimum absolute atomic E-state index is 0.0507. The number of halogens is 1. The highest BCUT2D eigenvalue weighted by Crippen LogP contribution is 2.30. The van der Waals surface area contributed by atoms with Gasteiger partial charge in [0.25, 0.3) is 15.9 Å². The normalized spacial score (nSPS) is 11.6. The minimum Gasteiger partial charge on any atom is -0.326 e. The van der Waals surface area contributed by atoms with Crippen molar-refractivity contribution in [3.05, 3.63) is 88.4 Å². The van der Waals surface area contributed by atoms with Crippen LogP contribution in [0.25, 0.3) is 0 Å². The molecule has 0 bridgehead atoms. The highest BCUT2D eigenvalue weighted by Gasteiger charge is 2.28. The van der Waals surface area contributed by atoms with E-state index in [1.807, 2.05) is 6.92 Å². The van der Waals surface area contributed by atoms with Crippen LogP contribution < -0.4 is 15.0 Å². The summed E-state index contributed by atoms with van der Waals surface area (Å²) in [6.45, 7) is 6.13. The number of anilines is 2. The lowest BCUT2D eigenvalue weighted by Crippen LogP contribution is -2.40. The molecule has 2 amide bonds. The van der Waals surface area contributed by atoms with Crippen molar-refractivity contribution < 1.29 is 18.0 Å². The van der Waals surface area contributed by atoms with E-state index in [2.05, 4.69) is 15.8 Å². The molecule has 0 aliphatic rings. The smallest absolute Gasteiger partial charge is 0.264 e. The first kappa shape index (κ1) is 26.9. The Balaban J connectivity index is 1.89. The van der Waals surface area contributed by atoms with Crippen molar-refractivity contribution in [3.8, 4) is 0 Å². The van der Waals surface area contributed by atoms with Crippen molar-refractivity contribution in [2.45, 2.75) is 32.6 Å². The number of amides is 2. The Morgan fingerprint density at radius 1 is 0.972 bits per heavy atom. The molecule has 0 aliphatic carbocycles. The lowest BCUT2D eigenvalue weighted by molar-refractivity contribution is -0.119. The van der Waals surface area contributed by atoms with E-state index in [4.69, 9.17) is 11.6 Å². The number of nitrogens with one attached hydrogen (secondary N) is 2. The topological polar surface area (TPSA) is 108 Å². The fourth-order valence-electron chi connectivity index (χ4n) is 3.41. The number of rotatable bonds is 8. The number of aryl methyl sites for hydroxylation is 1. The maximum absolute atomic E-state index is 13.6. The summed E-state index contributed by atoms with van der Waals surface area (Å²) in [5, 5.41) is 7.19. The fraction of sp³-hybridized carbons (Fsp3) is 0.192. The zero-order chi connectivity index (χ0) is 26.5. The molecule has 0 aliphatic heterocycles. The van der Waals surface area contributed by atoms with Crippen molar-refractivity contribution in [3.63, 3.8) is 0 Å². The number of carbonyl (C=O) groups excluding carboxylic acids is 2. The maximum atomic E-state index is 13.6. The van der Waals surface area contributed by atoms with Gasteiger partial charge in [0.1, 0.15) is 6.54 Å². The summed E-state index contributed by atoms with van der Waals surface area (Å²) < 4.78 is 28.1. The third-order valence-electron chi connectivity index (χ3n) is 5.35. The third kappa shape index (κ3) is 6.50. The molecule has 0 saturated heterocycles. The molecule has 0 radical (unpaired) electrons. The summed E-state index contributed by atoms with van der Waals surface area (Å²) in [5.41, 5.74) is 5.90. The molecule has 3 rings (SSSR count). The quantitative estimate of drug-likeness (QED) is 0.329. The van der Waals surface area contributed by atoms with E-state index in [1.54, 1.807) is 68.4 Å². The number of benzene rings is 3. The van der Waals surface area contributed by atoms with E-state index in [-0.39, 0.29) is 10.8 Å². The number of sulfonamides is 1. The molecule has 10 heteroatoms. The average Bonchev–Trinajstić information content (AvgIpc) is 2.83. The van der Waals surface area contributed by atoms with Crippen molar-refractivity contribution >= 4 is 50.5 Å². The summed E-state index contributed by atoms with van der Waals surface area (Å²) in [6.07, 6.45) is 0. The van der Waals surface area contributed by atoms with E-state index in [9.17, 15) is 18.0 Å². The van der Waals surface area contributed by atoms with Gasteiger partial charge in [0.2, 0.25) is 5.91 Å². The molecular formula is C26H27ClN4O4S. The first-order valence-electron chi connectivity index (χ1n) is 11.0. The lowest BCUT2D eigenvalue weighted by Gasteiger charge is -2.25. The summed E-state index contributed by atoms with van der Waals surface area (Å²) in [5.74, 6) is -0.844. The fourth-order valence-corrected chi connectivity index (χ4v) is 5.05. The Hall–Kier alpha value is -3.69. The van der Waals surface area contributed by atoms with Crippen LogP contribution in [0.1, 0.15) is 30.5 Å². The zero-order valence-electron chi connectivity index (χ0n) is 20.4. The van der Waals surface area contributed by atoms with Gasteiger partial charge in [-0.15, -0.1) is 0 Å². The summed E-state index contributed by atoms with van der Waals surface area (Å²) in [6, 6.07) is 18.2. The Labute approximate surface area is 216 Å². The monoisotopic (exact) mass is 526 g/mol. The Kier molecular flexibility index (Phi) is 8.49. The van der Waals surface area contributed by atoms with Crippen LogP contribution in [0, 0.1) is 13.8 Å².